The number of sulfonamides is 1. The Morgan fingerprint density at radius 3 is 2.62 bits per heavy atom. The third-order valence-corrected chi connectivity index (χ3v) is 8.35. The van der Waals surface area contributed by atoms with Gasteiger partial charge in [-0.15, -0.1) is 16.8 Å². The van der Waals surface area contributed by atoms with E-state index in [-0.39, 0.29) is 25.8 Å². The fourth-order valence-corrected chi connectivity index (χ4v) is 5.95. The molecule has 7 nitrogen and oxygen atoms in total. The van der Waals surface area contributed by atoms with Gasteiger partial charge < -0.3 is 0 Å². The summed E-state index contributed by atoms with van der Waals surface area (Å²) in [7, 11) is -4.12. The van der Waals surface area contributed by atoms with E-state index in [1.54, 1.807) is 18.2 Å². The zero-order chi connectivity index (χ0) is 23.3. The summed E-state index contributed by atoms with van der Waals surface area (Å²) in [6, 6.07) is 10.7. The second-order valence-electron chi connectivity index (χ2n) is 6.44. The van der Waals surface area contributed by atoms with Crippen molar-refractivity contribution in [2.45, 2.75) is 16.2 Å². The quantitative estimate of drug-likeness (QED) is 0.231. The lowest BCUT2D eigenvalue weighted by Gasteiger charge is -2.25. The maximum absolute atomic E-state index is 13.4. The highest BCUT2D eigenvalue weighted by molar-refractivity contribution is 8.01. The molecule has 3 aromatic rings. The molecule has 0 aliphatic rings. The van der Waals surface area contributed by atoms with Crippen molar-refractivity contribution in [1.29, 1.82) is 0 Å². The molecule has 0 saturated carbocycles. The van der Waals surface area contributed by atoms with Crippen molar-refractivity contribution in [3.63, 3.8) is 0 Å². The van der Waals surface area contributed by atoms with E-state index in [0.717, 1.165) is 9.87 Å². The average molecular weight is 529 g/mol. The van der Waals surface area contributed by atoms with E-state index in [9.17, 15) is 13.2 Å². The number of halogens is 2. The number of aryl methyl sites for hydroxylation is 1. The Hall–Kier alpha value is -2.11. The number of benzene rings is 2. The molecule has 3 rings (SSSR count). The number of hydrogen-bond donors (Lipinski definition) is 1. The van der Waals surface area contributed by atoms with Crippen molar-refractivity contribution in [1.82, 2.24) is 10.2 Å². The summed E-state index contributed by atoms with van der Waals surface area (Å²) in [5.41, 5.74) is 0.991. The smallest absolute Gasteiger partial charge is 0.264 e. The number of aromatic nitrogens is 2. The van der Waals surface area contributed by atoms with Crippen LogP contribution in [0.15, 0.2) is 64.4 Å². The first-order valence-electron chi connectivity index (χ1n) is 9.12. The van der Waals surface area contributed by atoms with E-state index in [1.807, 2.05) is 6.92 Å². The Morgan fingerprint density at radius 1 is 1.22 bits per heavy atom. The van der Waals surface area contributed by atoms with Crippen molar-refractivity contribution in [2.75, 3.05) is 21.9 Å². The molecule has 1 heterocycles. The molecule has 0 radical (unpaired) electrons. The fraction of sp³-hybridized carbons (Fsp3) is 0.150. The number of rotatable bonds is 9. The molecule has 2 aromatic carbocycles. The molecule has 1 amide bonds. The van der Waals surface area contributed by atoms with Crippen LogP contribution in [0.5, 0.6) is 0 Å². The highest BCUT2D eigenvalue weighted by atomic mass is 35.5. The summed E-state index contributed by atoms with van der Waals surface area (Å²) in [4.78, 5) is 12.8. The summed E-state index contributed by atoms with van der Waals surface area (Å²) in [5.74, 6) is 0.0476. The van der Waals surface area contributed by atoms with Gasteiger partial charge in [-0.3, -0.25) is 14.4 Å². The Bertz CT molecular complexity index is 1230. The number of nitrogens with one attached hydrogen (secondary N) is 1. The molecule has 0 fully saturated rings. The molecule has 1 aromatic heterocycles. The number of hydrogen-bond acceptors (Lipinski definition) is 7. The van der Waals surface area contributed by atoms with Crippen LogP contribution in [-0.4, -0.2) is 36.8 Å². The van der Waals surface area contributed by atoms with Gasteiger partial charge in [-0.05, 0) is 37.3 Å². The molecule has 0 aliphatic heterocycles. The molecule has 0 atom stereocenters. The van der Waals surface area contributed by atoms with E-state index in [0.29, 0.717) is 10.1 Å². The molecule has 12 heteroatoms. The van der Waals surface area contributed by atoms with Gasteiger partial charge in [0.05, 0.1) is 15.6 Å². The summed E-state index contributed by atoms with van der Waals surface area (Å²) in [6.45, 7) is 4.95. The van der Waals surface area contributed by atoms with Crippen LogP contribution in [0.25, 0.3) is 0 Å². The van der Waals surface area contributed by atoms with Crippen molar-refractivity contribution >= 4 is 73.0 Å². The highest BCUT2D eigenvalue weighted by Gasteiger charge is 2.29. The SMILES string of the molecule is C=CCSc1nnc(NC(=O)CN(c2cc(Cl)ccc2Cl)S(=O)(=O)c2ccc(C)cc2)s1. The predicted octanol–water partition coefficient (Wildman–Crippen LogP) is 5.27. The van der Waals surface area contributed by atoms with Gasteiger partial charge in [0.15, 0.2) is 4.34 Å². The standard InChI is InChI=1S/C20H18Cl2N4O3S3/c1-3-10-30-20-25-24-19(31-20)23-18(27)12-26(17-11-14(21)6-9-16(17)22)32(28,29)15-7-4-13(2)5-8-15/h3-9,11H,1,10,12H2,2H3,(H,23,24,27). The monoisotopic (exact) mass is 528 g/mol. The van der Waals surface area contributed by atoms with Gasteiger partial charge in [-0.2, -0.15) is 0 Å². The van der Waals surface area contributed by atoms with Gasteiger partial charge in [0.25, 0.3) is 10.0 Å². The third-order valence-electron chi connectivity index (χ3n) is 4.05. The first-order chi connectivity index (χ1) is 15.2. The molecule has 0 bridgehead atoms. The summed E-state index contributed by atoms with van der Waals surface area (Å²) >= 11 is 15.0. The number of amides is 1. The van der Waals surface area contributed by atoms with E-state index < -0.39 is 22.5 Å². The minimum absolute atomic E-state index is 0.0194. The highest BCUT2D eigenvalue weighted by Crippen LogP contribution is 2.33. The van der Waals surface area contributed by atoms with Crippen molar-refractivity contribution in [2.24, 2.45) is 0 Å². The van der Waals surface area contributed by atoms with Crippen LogP contribution in [-0.2, 0) is 14.8 Å². The molecular formula is C20H18Cl2N4O3S3. The second kappa shape index (κ2) is 10.7. The average Bonchev–Trinajstić information content (AvgIpc) is 3.19. The summed E-state index contributed by atoms with van der Waals surface area (Å²) in [5, 5.41) is 11.2. The zero-order valence-electron chi connectivity index (χ0n) is 16.8. The van der Waals surface area contributed by atoms with Crippen LogP contribution in [0.4, 0.5) is 10.8 Å². The first-order valence-corrected chi connectivity index (χ1v) is 13.1. The molecule has 32 heavy (non-hydrogen) atoms. The summed E-state index contributed by atoms with van der Waals surface area (Å²) < 4.78 is 28.4. The third kappa shape index (κ3) is 6.02. The Kier molecular flexibility index (Phi) is 8.18. The van der Waals surface area contributed by atoms with Gasteiger partial charge >= 0.3 is 0 Å². The van der Waals surface area contributed by atoms with Crippen LogP contribution in [0.3, 0.4) is 0 Å². The van der Waals surface area contributed by atoms with Crippen LogP contribution in [0.1, 0.15) is 5.56 Å². The van der Waals surface area contributed by atoms with Crippen molar-refractivity contribution in [3.05, 3.63) is 70.7 Å². The predicted molar refractivity (Wildman–Crippen MR) is 132 cm³/mol. The maximum atomic E-state index is 13.4. The maximum Gasteiger partial charge on any atom is 0.264 e. The fourth-order valence-electron chi connectivity index (χ4n) is 2.55. The first kappa shape index (κ1) is 24.5. The molecule has 1 N–H and O–H groups in total. The minimum Gasteiger partial charge on any atom is -0.299 e. The van der Waals surface area contributed by atoms with Crippen LogP contribution < -0.4 is 9.62 Å². The van der Waals surface area contributed by atoms with Gasteiger partial charge in [-0.1, -0.05) is 70.1 Å². The molecular weight excluding hydrogens is 511 g/mol. The Labute approximate surface area is 204 Å². The molecule has 168 valence electrons. The van der Waals surface area contributed by atoms with Gasteiger partial charge in [0.1, 0.15) is 6.54 Å². The zero-order valence-corrected chi connectivity index (χ0v) is 20.7. The Balaban J connectivity index is 1.91. The van der Waals surface area contributed by atoms with Crippen LogP contribution >= 0.6 is 46.3 Å². The van der Waals surface area contributed by atoms with Crippen LogP contribution in [0.2, 0.25) is 10.0 Å². The lowest BCUT2D eigenvalue weighted by atomic mass is 10.2. The van der Waals surface area contributed by atoms with E-state index in [2.05, 4.69) is 22.1 Å². The van der Waals surface area contributed by atoms with Crippen molar-refractivity contribution < 1.29 is 13.2 Å². The summed E-state index contributed by atoms with van der Waals surface area (Å²) in [6.07, 6.45) is 1.73. The van der Waals surface area contributed by atoms with E-state index >= 15 is 0 Å². The van der Waals surface area contributed by atoms with Gasteiger partial charge in [0, 0.05) is 10.8 Å². The number of anilines is 2. The molecule has 0 saturated heterocycles. The topological polar surface area (TPSA) is 92.3 Å². The lowest BCUT2D eigenvalue weighted by Crippen LogP contribution is -2.38. The molecule has 0 spiro atoms. The number of carbonyl (C=O) groups excluding carboxylic acids is 1. The number of thioether (sulfide) groups is 1. The van der Waals surface area contributed by atoms with Gasteiger partial charge in [0.2, 0.25) is 11.0 Å². The Morgan fingerprint density at radius 2 is 1.94 bits per heavy atom. The van der Waals surface area contributed by atoms with E-state index in [4.69, 9.17) is 23.2 Å². The van der Waals surface area contributed by atoms with Gasteiger partial charge in [-0.25, -0.2) is 8.42 Å². The normalized spacial score (nSPS) is 11.2. The van der Waals surface area contributed by atoms with E-state index in [1.165, 1.54) is 53.4 Å². The van der Waals surface area contributed by atoms with Crippen molar-refractivity contribution in [3.8, 4) is 0 Å². The minimum atomic E-state index is -4.12. The largest absolute Gasteiger partial charge is 0.299 e. The van der Waals surface area contributed by atoms with Crippen LogP contribution in [0, 0.1) is 6.92 Å². The lowest BCUT2D eigenvalue weighted by molar-refractivity contribution is -0.114. The number of nitrogens with zero attached hydrogens (tertiary/aromatic N) is 3. The number of carbonyl (C=O) groups is 1. The molecule has 0 aliphatic carbocycles. The second-order valence-corrected chi connectivity index (χ2v) is 11.4. The molecule has 0 unspecified atom stereocenters.